The standard InChI is InChI=1S/C18H26N6O10/c1-7(25)14(18(33)34)24-17(32)11(4-13(28)29)23-16(31)10(3-12(26)27)22-15(30)9(19)2-8-5-20-6-21-8/h5-7,9-11,14,25H,2-4,19H2,1H3,(H,20,21)(H,22,30)(H,23,31)(H,24,32)(H,26,27)(H,28,29)(H,33,34). The van der Waals surface area contributed by atoms with Crippen molar-refractivity contribution >= 4 is 35.6 Å². The van der Waals surface area contributed by atoms with Crippen molar-refractivity contribution in [2.45, 2.75) is 56.5 Å². The third-order valence-electron chi connectivity index (χ3n) is 4.40. The fourth-order valence-electron chi connectivity index (χ4n) is 2.69. The van der Waals surface area contributed by atoms with E-state index in [9.17, 15) is 33.9 Å². The number of nitrogens with two attached hydrogens (primary N) is 1. The fourth-order valence-corrected chi connectivity index (χ4v) is 2.69. The molecule has 1 rings (SSSR count). The first-order valence-corrected chi connectivity index (χ1v) is 9.80. The summed E-state index contributed by atoms with van der Waals surface area (Å²) in [4.78, 5) is 77.3. The minimum atomic E-state index is -1.85. The Bertz CT molecular complexity index is 903. The average Bonchev–Trinajstić information content (AvgIpc) is 3.22. The van der Waals surface area contributed by atoms with Gasteiger partial charge in [0.15, 0.2) is 6.04 Å². The first-order valence-electron chi connectivity index (χ1n) is 9.80. The largest absolute Gasteiger partial charge is 0.481 e. The number of aliphatic carboxylic acids is 3. The zero-order chi connectivity index (χ0) is 26.0. The number of amides is 3. The van der Waals surface area contributed by atoms with Gasteiger partial charge in [-0.2, -0.15) is 0 Å². The number of carbonyl (C=O) groups excluding carboxylic acids is 3. The zero-order valence-electron chi connectivity index (χ0n) is 17.9. The van der Waals surface area contributed by atoms with Gasteiger partial charge in [0.25, 0.3) is 0 Å². The number of aliphatic hydroxyl groups excluding tert-OH is 1. The van der Waals surface area contributed by atoms with Gasteiger partial charge in [0.2, 0.25) is 17.7 Å². The molecule has 16 heteroatoms. The Kier molecular flexibility index (Phi) is 10.6. The smallest absolute Gasteiger partial charge is 0.328 e. The van der Waals surface area contributed by atoms with E-state index in [0.29, 0.717) is 5.69 Å². The normalized spacial score (nSPS) is 15.1. The van der Waals surface area contributed by atoms with Crippen molar-refractivity contribution in [1.82, 2.24) is 25.9 Å². The highest BCUT2D eigenvalue weighted by Crippen LogP contribution is 2.03. The van der Waals surface area contributed by atoms with Crippen LogP contribution in [-0.2, 0) is 35.2 Å². The minimum absolute atomic E-state index is 0.0206. The monoisotopic (exact) mass is 486 g/mol. The van der Waals surface area contributed by atoms with E-state index in [1.807, 2.05) is 10.6 Å². The lowest BCUT2D eigenvalue weighted by Gasteiger charge is -2.24. The van der Waals surface area contributed by atoms with Crippen LogP contribution in [0.2, 0.25) is 0 Å². The molecule has 5 unspecified atom stereocenters. The number of hydrogen-bond acceptors (Lipinski definition) is 9. The van der Waals surface area contributed by atoms with Gasteiger partial charge >= 0.3 is 17.9 Å². The number of nitrogens with one attached hydrogen (secondary N) is 4. The Morgan fingerprint density at radius 2 is 1.44 bits per heavy atom. The lowest BCUT2D eigenvalue weighted by atomic mass is 10.1. The van der Waals surface area contributed by atoms with E-state index >= 15 is 0 Å². The van der Waals surface area contributed by atoms with Crippen molar-refractivity contribution in [2.24, 2.45) is 5.73 Å². The molecule has 5 atom stereocenters. The topological polar surface area (TPSA) is 274 Å². The van der Waals surface area contributed by atoms with Crippen LogP contribution in [0.3, 0.4) is 0 Å². The summed E-state index contributed by atoms with van der Waals surface area (Å²) in [5, 5.41) is 42.7. The molecule has 0 aliphatic heterocycles. The summed E-state index contributed by atoms with van der Waals surface area (Å²) in [6, 6.07) is -6.60. The molecule has 0 aliphatic carbocycles. The molecular weight excluding hydrogens is 460 g/mol. The van der Waals surface area contributed by atoms with Crippen LogP contribution in [-0.4, -0.2) is 96.3 Å². The first kappa shape index (κ1) is 28.0. The summed E-state index contributed by atoms with van der Waals surface area (Å²) in [6.07, 6.45) is -0.759. The van der Waals surface area contributed by atoms with Gasteiger partial charge < -0.3 is 47.1 Å². The third kappa shape index (κ3) is 9.21. The molecule has 0 bridgehead atoms. The van der Waals surface area contributed by atoms with Crippen LogP contribution < -0.4 is 21.7 Å². The Balaban J connectivity index is 2.96. The molecule has 1 aromatic rings. The summed E-state index contributed by atoms with van der Waals surface area (Å²) in [5.41, 5.74) is 6.25. The maximum atomic E-state index is 12.6. The van der Waals surface area contributed by atoms with Crippen molar-refractivity contribution in [3.63, 3.8) is 0 Å². The quantitative estimate of drug-likeness (QED) is 0.122. The molecule has 3 amide bonds. The van der Waals surface area contributed by atoms with E-state index in [0.717, 1.165) is 6.92 Å². The Labute approximate surface area is 191 Å². The highest BCUT2D eigenvalue weighted by molar-refractivity contribution is 5.96. The van der Waals surface area contributed by atoms with Crippen molar-refractivity contribution in [3.05, 3.63) is 18.2 Å². The number of rotatable bonds is 14. The second kappa shape index (κ2) is 12.9. The van der Waals surface area contributed by atoms with Crippen LogP contribution in [0, 0.1) is 0 Å². The van der Waals surface area contributed by atoms with Gasteiger partial charge in [-0.25, -0.2) is 9.78 Å². The third-order valence-corrected chi connectivity index (χ3v) is 4.40. The average molecular weight is 486 g/mol. The van der Waals surface area contributed by atoms with E-state index in [-0.39, 0.29) is 6.42 Å². The van der Waals surface area contributed by atoms with E-state index in [4.69, 9.17) is 21.1 Å². The van der Waals surface area contributed by atoms with Gasteiger partial charge in [0.05, 0.1) is 31.3 Å². The molecule has 0 radical (unpaired) electrons. The molecule has 1 heterocycles. The highest BCUT2D eigenvalue weighted by Gasteiger charge is 2.33. The molecular formula is C18H26N6O10. The van der Waals surface area contributed by atoms with E-state index in [1.165, 1.54) is 12.5 Å². The molecule has 34 heavy (non-hydrogen) atoms. The van der Waals surface area contributed by atoms with E-state index in [1.54, 1.807) is 0 Å². The van der Waals surface area contributed by atoms with Crippen molar-refractivity contribution in [3.8, 4) is 0 Å². The molecule has 0 aliphatic rings. The van der Waals surface area contributed by atoms with Crippen molar-refractivity contribution in [2.75, 3.05) is 0 Å². The number of H-pyrrole nitrogens is 1. The van der Waals surface area contributed by atoms with Crippen LogP contribution in [0.5, 0.6) is 0 Å². The Morgan fingerprint density at radius 3 is 1.85 bits per heavy atom. The van der Waals surface area contributed by atoms with Gasteiger partial charge in [-0.3, -0.25) is 24.0 Å². The summed E-state index contributed by atoms with van der Waals surface area (Å²) < 4.78 is 0. The molecule has 16 nitrogen and oxygen atoms in total. The minimum Gasteiger partial charge on any atom is -0.481 e. The van der Waals surface area contributed by atoms with Crippen LogP contribution >= 0.6 is 0 Å². The van der Waals surface area contributed by atoms with Crippen LogP contribution in [0.15, 0.2) is 12.5 Å². The lowest BCUT2D eigenvalue weighted by Crippen LogP contribution is -2.59. The summed E-state index contributed by atoms with van der Waals surface area (Å²) in [6.45, 7) is 1.06. The van der Waals surface area contributed by atoms with Crippen LogP contribution in [0.25, 0.3) is 0 Å². The molecule has 10 N–H and O–H groups in total. The molecule has 1 aromatic heterocycles. The summed E-state index contributed by atoms with van der Waals surface area (Å²) >= 11 is 0. The van der Waals surface area contributed by atoms with Gasteiger partial charge in [-0.15, -0.1) is 0 Å². The number of carboxylic acids is 3. The number of carbonyl (C=O) groups is 6. The van der Waals surface area contributed by atoms with Crippen LogP contribution in [0.4, 0.5) is 0 Å². The number of carboxylic acid groups (broad SMARTS) is 3. The van der Waals surface area contributed by atoms with Gasteiger partial charge in [-0.05, 0) is 6.92 Å². The number of aromatic nitrogens is 2. The highest BCUT2D eigenvalue weighted by atomic mass is 16.4. The molecule has 0 aromatic carbocycles. The number of nitrogens with zero attached hydrogens (tertiary/aromatic N) is 1. The predicted molar refractivity (Wildman–Crippen MR) is 110 cm³/mol. The zero-order valence-corrected chi connectivity index (χ0v) is 17.9. The van der Waals surface area contributed by atoms with Gasteiger partial charge in [0, 0.05) is 18.3 Å². The lowest BCUT2D eigenvalue weighted by molar-refractivity contribution is -0.146. The maximum Gasteiger partial charge on any atom is 0.328 e. The number of hydrogen-bond donors (Lipinski definition) is 9. The predicted octanol–water partition coefficient (Wildman–Crippen LogP) is -3.85. The van der Waals surface area contributed by atoms with Crippen LogP contribution in [0.1, 0.15) is 25.5 Å². The maximum absolute atomic E-state index is 12.6. The molecule has 0 fully saturated rings. The number of aliphatic hydroxyl groups is 1. The molecule has 0 saturated carbocycles. The second-order valence-corrected chi connectivity index (χ2v) is 7.27. The second-order valence-electron chi connectivity index (χ2n) is 7.27. The fraction of sp³-hybridized carbons (Fsp3) is 0.500. The van der Waals surface area contributed by atoms with Gasteiger partial charge in [-0.1, -0.05) is 0 Å². The number of imidazole rings is 1. The molecule has 188 valence electrons. The van der Waals surface area contributed by atoms with E-state index in [2.05, 4.69) is 15.3 Å². The Morgan fingerprint density at radius 1 is 0.941 bits per heavy atom. The van der Waals surface area contributed by atoms with Crippen molar-refractivity contribution in [1.29, 1.82) is 0 Å². The summed E-state index contributed by atoms with van der Waals surface area (Å²) in [5.74, 6) is -8.07. The first-order chi connectivity index (χ1) is 15.8. The van der Waals surface area contributed by atoms with Gasteiger partial charge in [0.1, 0.15) is 12.1 Å². The summed E-state index contributed by atoms with van der Waals surface area (Å²) in [7, 11) is 0. The Hall–Kier alpha value is -4.05. The van der Waals surface area contributed by atoms with E-state index < -0.39 is 78.7 Å². The number of aromatic amines is 1. The molecule has 0 spiro atoms. The SMILES string of the molecule is CC(O)C(NC(=O)C(CC(=O)O)NC(=O)C(CC(=O)O)NC(=O)C(N)Cc1cnc[nH]1)C(=O)O. The molecule has 0 saturated heterocycles. The van der Waals surface area contributed by atoms with Crippen molar-refractivity contribution < 1.29 is 49.2 Å².